The van der Waals surface area contributed by atoms with Crippen LogP contribution >= 0.6 is 0 Å². The van der Waals surface area contributed by atoms with E-state index >= 15 is 0 Å². The van der Waals surface area contributed by atoms with Gasteiger partial charge in [0.15, 0.2) is 29.1 Å². The highest BCUT2D eigenvalue weighted by molar-refractivity contribution is 5.95. The number of methoxy groups -OCH3 is 1. The summed E-state index contributed by atoms with van der Waals surface area (Å²) in [6, 6.07) is 4.28. The molecule has 33 heavy (non-hydrogen) atoms. The Kier molecular flexibility index (Phi) is 5.66. The van der Waals surface area contributed by atoms with Crippen LogP contribution in [0.1, 0.15) is 32.4 Å². The molecule has 0 aromatic heterocycles. The van der Waals surface area contributed by atoms with Crippen molar-refractivity contribution in [3.63, 3.8) is 0 Å². The summed E-state index contributed by atoms with van der Waals surface area (Å²) in [6.45, 7) is -0.554. The number of fused-ring (bicyclic) bond motifs is 3. The molecule has 5 atom stereocenters. The standard InChI is InChI=1S/C21H20O12/c1-30-17-11(24)5-8-13(15(17)26)18-19(33-21(8)29)16(27)14(25)12(32-18)6-31-20(28)7-2-3-9(22)10(23)4-7/h2-5,12,14,16,18-19,22-27H,6H2,1H3/t12-,14-,16+,18+,19-/m1/s1. The molecule has 12 nitrogen and oxygen atoms in total. The first-order valence-corrected chi connectivity index (χ1v) is 9.68. The smallest absolute Gasteiger partial charge is 0.339 e. The normalized spacial score (nSPS) is 26.0. The second kappa shape index (κ2) is 8.31. The molecule has 2 aromatic carbocycles. The maximum Gasteiger partial charge on any atom is 0.339 e. The molecule has 0 spiro atoms. The van der Waals surface area contributed by atoms with Crippen LogP contribution < -0.4 is 4.74 Å². The van der Waals surface area contributed by atoms with Crippen LogP contribution in [-0.2, 0) is 14.2 Å². The van der Waals surface area contributed by atoms with Crippen LogP contribution in [-0.4, -0.2) is 80.7 Å². The summed E-state index contributed by atoms with van der Waals surface area (Å²) in [4.78, 5) is 24.6. The van der Waals surface area contributed by atoms with Crippen LogP contribution in [0.15, 0.2) is 24.3 Å². The Morgan fingerprint density at radius 2 is 1.76 bits per heavy atom. The molecule has 4 rings (SSSR count). The van der Waals surface area contributed by atoms with Gasteiger partial charge in [-0.05, 0) is 24.3 Å². The average Bonchev–Trinajstić information content (AvgIpc) is 2.78. The van der Waals surface area contributed by atoms with Crippen molar-refractivity contribution in [2.75, 3.05) is 13.7 Å². The number of aliphatic hydroxyl groups is 2. The van der Waals surface area contributed by atoms with Crippen molar-refractivity contribution in [1.82, 2.24) is 0 Å². The minimum absolute atomic E-state index is 0.0937. The Labute approximate surface area is 185 Å². The Hall–Kier alpha value is -3.74. The highest BCUT2D eigenvalue weighted by atomic mass is 16.6. The topological polar surface area (TPSA) is 192 Å². The number of carbonyl (C=O) groups excluding carboxylic acids is 2. The number of phenolic OH excluding ortho intramolecular Hbond substituents is 4. The van der Waals surface area contributed by atoms with Gasteiger partial charge in [0.05, 0.1) is 18.2 Å². The number of phenols is 4. The lowest BCUT2D eigenvalue weighted by molar-refractivity contribution is -0.235. The van der Waals surface area contributed by atoms with Gasteiger partial charge in [0.1, 0.15) is 31.0 Å². The van der Waals surface area contributed by atoms with Crippen molar-refractivity contribution < 1.29 is 59.2 Å². The molecule has 0 aliphatic carbocycles. The van der Waals surface area contributed by atoms with E-state index in [4.69, 9.17) is 18.9 Å². The van der Waals surface area contributed by atoms with Crippen molar-refractivity contribution in [1.29, 1.82) is 0 Å². The molecule has 12 heteroatoms. The van der Waals surface area contributed by atoms with Crippen molar-refractivity contribution in [3.05, 3.63) is 41.0 Å². The van der Waals surface area contributed by atoms with E-state index < -0.39 is 72.1 Å². The van der Waals surface area contributed by atoms with Crippen LogP contribution in [0.25, 0.3) is 0 Å². The van der Waals surface area contributed by atoms with Gasteiger partial charge in [-0.25, -0.2) is 9.59 Å². The average molecular weight is 464 g/mol. The number of benzene rings is 2. The number of carbonyl (C=O) groups is 2. The zero-order valence-electron chi connectivity index (χ0n) is 17.0. The first-order chi connectivity index (χ1) is 15.6. The minimum atomic E-state index is -1.67. The first kappa shape index (κ1) is 22.5. The monoisotopic (exact) mass is 464 g/mol. The summed E-state index contributed by atoms with van der Waals surface area (Å²) in [6.07, 6.45) is -7.29. The molecule has 0 unspecified atom stereocenters. The fraction of sp³-hybridized carbons (Fsp3) is 0.333. The van der Waals surface area contributed by atoms with Crippen LogP contribution in [0.3, 0.4) is 0 Å². The van der Waals surface area contributed by atoms with E-state index in [0.717, 1.165) is 18.2 Å². The Balaban J connectivity index is 1.60. The van der Waals surface area contributed by atoms with E-state index in [1.807, 2.05) is 0 Å². The van der Waals surface area contributed by atoms with Crippen LogP contribution in [0, 0.1) is 0 Å². The van der Waals surface area contributed by atoms with Gasteiger partial charge in [-0.15, -0.1) is 0 Å². The maximum absolute atomic E-state index is 12.4. The van der Waals surface area contributed by atoms with Gasteiger partial charge in [-0.2, -0.15) is 0 Å². The number of hydrogen-bond donors (Lipinski definition) is 6. The first-order valence-electron chi connectivity index (χ1n) is 9.68. The lowest BCUT2D eigenvalue weighted by atomic mass is 9.86. The fourth-order valence-electron chi connectivity index (χ4n) is 3.83. The molecular weight excluding hydrogens is 444 g/mol. The third kappa shape index (κ3) is 3.73. The second-order valence-corrected chi connectivity index (χ2v) is 7.49. The van der Waals surface area contributed by atoms with Gasteiger partial charge >= 0.3 is 11.9 Å². The van der Waals surface area contributed by atoms with Gasteiger partial charge in [0.25, 0.3) is 0 Å². The fourth-order valence-corrected chi connectivity index (χ4v) is 3.83. The molecule has 0 radical (unpaired) electrons. The van der Waals surface area contributed by atoms with Crippen molar-refractivity contribution in [3.8, 4) is 28.7 Å². The maximum atomic E-state index is 12.4. The Morgan fingerprint density at radius 3 is 2.42 bits per heavy atom. The predicted molar refractivity (Wildman–Crippen MR) is 105 cm³/mol. The summed E-state index contributed by atoms with van der Waals surface area (Å²) in [7, 11) is 1.18. The van der Waals surface area contributed by atoms with Crippen molar-refractivity contribution in [2.45, 2.75) is 30.5 Å². The highest BCUT2D eigenvalue weighted by Crippen LogP contribution is 2.49. The van der Waals surface area contributed by atoms with Crippen LogP contribution in [0.4, 0.5) is 0 Å². The zero-order valence-corrected chi connectivity index (χ0v) is 17.0. The summed E-state index contributed by atoms with van der Waals surface area (Å²) in [5.41, 5.74) is -0.452. The van der Waals surface area contributed by atoms with E-state index in [9.17, 15) is 40.2 Å². The molecule has 0 saturated carbocycles. The molecule has 0 amide bonds. The summed E-state index contributed by atoms with van der Waals surface area (Å²) < 4.78 is 21.0. The molecule has 1 saturated heterocycles. The highest BCUT2D eigenvalue weighted by Gasteiger charge is 2.52. The van der Waals surface area contributed by atoms with Gasteiger partial charge in [-0.3, -0.25) is 0 Å². The number of aliphatic hydroxyl groups excluding tert-OH is 2. The van der Waals surface area contributed by atoms with Gasteiger partial charge in [0.2, 0.25) is 5.75 Å². The lowest BCUT2D eigenvalue weighted by Gasteiger charge is -2.44. The Bertz CT molecular complexity index is 1110. The molecule has 2 aliphatic rings. The molecule has 2 heterocycles. The molecule has 2 aromatic rings. The van der Waals surface area contributed by atoms with E-state index in [1.165, 1.54) is 13.2 Å². The third-order valence-electron chi connectivity index (χ3n) is 5.50. The number of rotatable bonds is 4. The van der Waals surface area contributed by atoms with Crippen molar-refractivity contribution in [2.24, 2.45) is 0 Å². The molecule has 0 bridgehead atoms. The summed E-state index contributed by atoms with van der Waals surface area (Å²) in [5.74, 6) is -4.32. The van der Waals surface area contributed by atoms with Crippen molar-refractivity contribution >= 4 is 11.9 Å². The molecule has 6 N–H and O–H groups in total. The largest absolute Gasteiger partial charge is 0.504 e. The quantitative estimate of drug-likeness (QED) is 0.264. The third-order valence-corrected chi connectivity index (χ3v) is 5.50. The number of aromatic hydroxyl groups is 4. The van der Waals surface area contributed by atoms with E-state index in [0.29, 0.717) is 0 Å². The minimum Gasteiger partial charge on any atom is -0.504 e. The number of ether oxygens (including phenoxy) is 4. The number of esters is 2. The van der Waals surface area contributed by atoms with E-state index in [2.05, 4.69) is 0 Å². The summed E-state index contributed by atoms with van der Waals surface area (Å²) in [5, 5.41) is 60.4. The van der Waals surface area contributed by atoms with E-state index in [-0.39, 0.29) is 22.4 Å². The predicted octanol–water partition coefficient (Wildman–Crippen LogP) is 0.0753. The van der Waals surface area contributed by atoms with Crippen LogP contribution in [0.2, 0.25) is 0 Å². The molecule has 176 valence electrons. The van der Waals surface area contributed by atoms with Gasteiger partial charge in [-0.1, -0.05) is 0 Å². The Morgan fingerprint density at radius 1 is 1.03 bits per heavy atom. The van der Waals surface area contributed by atoms with Crippen LogP contribution in [0.5, 0.6) is 28.7 Å². The van der Waals surface area contributed by atoms with Gasteiger partial charge < -0.3 is 49.6 Å². The SMILES string of the molecule is COc1c(O)cc2c(c1O)[C@@H]1O[C@H](COC(=O)c3ccc(O)c(O)c3)[C@@H](O)[C@H](O)[C@H]1OC2=O. The van der Waals surface area contributed by atoms with Gasteiger partial charge in [0, 0.05) is 5.56 Å². The lowest BCUT2D eigenvalue weighted by Crippen LogP contribution is -2.58. The number of hydrogen-bond acceptors (Lipinski definition) is 12. The van der Waals surface area contributed by atoms with E-state index in [1.54, 1.807) is 0 Å². The molecule has 1 fully saturated rings. The molecular formula is C21H20O12. The second-order valence-electron chi connectivity index (χ2n) is 7.49. The summed E-state index contributed by atoms with van der Waals surface area (Å²) >= 11 is 0. The zero-order chi connectivity index (χ0) is 24.0. The molecule has 2 aliphatic heterocycles.